The standard InChI is InChI=1S/C18H41FSi2/c1-6-11-16-21(19,17-12-7-2)18-14-13-15-20(8-3,9-4)10-5/h6-18H2,1-5H3. The molecule has 128 valence electrons. The van der Waals surface area contributed by atoms with E-state index in [1.807, 2.05) is 0 Å². The van der Waals surface area contributed by atoms with Gasteiger partial charge in [0, 0.05) is 0 Å². The molecule has 0 bridgehead atoms. The van der Waals surface area contributed by atoms with Crippen LogP contribution in [0.2, 0.25) is 42.3 Å². The summed E-state index contributed by atoms with van der Waals surface area (Å²) < 4.78 is 15.2. The van der Waals surface area contributed by atoms with E-state index in [9.17, 15) is 0 Å². The Balaban J connectivity index is 4.23. The molecule has 0 saturated heterocycles. The zero-order chi connectivity index (χ0) is 16.2. The molecule has 3 heteroatoms. The second kappa shape index (κ2) is 11.9. The van der Waals surface area contributed by atoms with Crippen LogP contribution in [-0.4, -0.2) is 16.5 Å². The van der Waals surface area contributed by atoms with Crippen LogP contribution in [0.3, 0.4) is 0 Å². The summed E-state index contributed by atoms with van der Waals surface area (Å²) in [6.07, 6.45) is 7.02. The van der Waals surface area contributed by atoms with Crippen molar-refractivity contribution in [3.05, 3.63) is 0 Å². The summed E-state index contributed by atoms with van der Waals surface area (Å²) in [6, 6.07) is 8.53. The van der Waals surface area contributed by atoms with Gasteiger partial charge in [-0.3, -0.25) is 0 Å². The van der Waals surface area contributed by atoms with Crippen molar-refractivity contribution in [2.45, 2.75) is 115 Å². The first-order valence-corrected chi connectivity index (χ1v) is 15.0. The molecule has 21 heavy (non-hydrogen) atoms. The van der Waals surface area contributed by atoms with Gasteiger partial charge in [0.1, 0.15) is 0 Å². The predicted octanol–water partition coefficient (Wildman–Crippen LogP) is 7.79. The van der Waals surface area contributed by atoms with Crippen LogP contribution >= 0.6 is 0 Å². The molecule has 0 aliphatic rings. The van der Waals surface area contributed by atoms with Crippen molar-refractivity contribution >= 4 is 16.5 Å². The van der Waals surface area contributed by atoms with Crippen molar-refractivity contribution in [1.29, 1.82) is 0 Å². The minimum absolute atomic E-state index is 0.932. The Morgan fingerprint density at radius 3 is 1.33 bits per heavy atom. The fraction of sp³-hybridized carbons (Fsp3) is 1.00. The highest BCUT2D eigenvalue weighted by Gasteiger charge is 2.32. The van der Waals surface area contributed by atoms with E-state index in [1.54, 1.807) is 0 Å². The fourth-order valence-corrected chi connectivity index (χ4v) is 10.8. The maximum Gasteiger partial charge on any atom is 0.247 e. The molecule has 0 aliphatic heterocycles. The summed E-state index contributed by atoms with van der Waals surface area (Å²) in [4.78, 5) is 0. The Hall–Kier alpha value is 0.364. The highest BCUT2D eigenvalue weighted by atomic mass is 28.4. The normalized spacial score (nSPS) is 12.9. The van der Waals surface area contributed by atoms with Gasteiger partial charge in [-0.05, 0) is 18.1 Å². The third kappa shape index (κ3) is 8.54. The summed E-state index contributed by atoms with van der Waals surface area (Å²) in [5.41, 5.74) is 0. The number of unbranched alkanes of at least 4 members (excludes halogenated alkanes) is 3. The molecule has 0 fully saturated rings. The molecule has 0 spiro atoms. The molecule has 0 aromatic carbocycles. The molecule has 0 heterocycles. The van der Waals surface area contributed by atoms with Crippen LogP contribution in [0.1, 0.15) is 73.1 Å². The Morgan fingerprint density at radius 1 is 0.571 bits per heavy atom. The van der Waals surface area contributed by atoms with Crippen molar-refractivity contribution in [3.63, 3.8) is 0 Å². The molecule has 0 rings (SSSR count). The highest BCUT2D eigenvalue weighted by Crippen LogP contribution is 2.32. The summed E-state index contributed by atoms with van der Waals surface area (Å²) in [5, 5.41) is 0. The van der Waals surface area contributed by atoms with Gasteiger partial charge in [-0.25, -0.2) is 0 Å². The van der Waals surface area contributed by atoms with Crippen molar-refractivity contribution in [2.24, 2.45) is 0 Å². The lowest BCUT2D eigenvalue weighted by atomic mass is 10.4. The van der Waals surface area contributed by atoms with Gasteiger partial charge >= 0.3 is 0 Å². The highest BCUT2D eigenvalue weighted by molar-refractivity contribution is 6.79. The first kappa shape index (κ1) is 21.4. The molecule has 0 radical (unpaired) electrons. The molecule has 0 atom stereocenters. The quantitative estimate of drug-likeness (QED) is 0.173. The molecule has 0 unspecified atom stereocenters. The lowest BCUT2D eigenvalue weighted by Crippen LogP contribution is -2.31. The van der Waals surface area contributed by atoms with Gasteiger partial charge in [-0.1, -0.05) is 97.3 Å². The van der Waals surface area contributed by atoms with Crippen LogP contribution in [0, 0.1) is 0 Å². The topological polar surface area (TPSA) is 0 Å². The fourth-order valence-electron chi connectivity index (χ4n) is 3.58. The second-order valence-electron chi connectivity index (χ2n) is 7.13. The Kier molecular flexibility index (Phi) is 12.1. The zero-order valence-electron chi connectivity index (χ0n) is 15.6. The Labute approximate surface area is 136 Å². The Bertz CT molecular complexity index is 223. The Morgan fingerprint density at radius 2 is 0.952 bits per heavy atom. The summed E-state index contributed by atoms with van der Waals surface area (Å²) in [6.45, 7) is 11.5. The van der Waals surface area contributed by atoms with E-state index in [-0.39, 0.29) is 0 Å². The van der Waals surface area contributed by atoms with Crippen LogP contribution in [0.25, 0.3) is 0 Å². The predicted molar refractivity (Wildman–Crippen MR) is 102 cm³/mol. The lowest BCUT2D eigenvalue weighted by Gasteiger charge is -2.29. The van der Waals surface area contributed by atoms with Crippen molar-refractivity contribution in [3.8, 4) is 0 Å². The summed E-state index contributed by atoms with van der Waals surface area (Å²) >= 11 is 0. The average molecular weight is 333 g/mol. The SMILES string of the molecule is CCCC[Si](F)(CCCC)CCCC[Si](CC)(CC)CC. The lowest BCUT2D eigenvalue weighted by molar-refractivity contribution is 0.670. The van der Waals surface area contributed by atoms with Crippen molar-refractivity contribution < 1.29 is 4.11 Å². The smallest absolute Gasteiger partial charge is 0.247 e. The first-order chi connectivity index (χ1) is 10.0. The third-order valence-corrected chi connectivity index (χ3v) is 15.5. The van der Waals surface area contributed by atoms with Gasteiger partial charge in [0.25, 0.3) is 0 Å². The zero-order valence-corrected chi connectivity index (χ0v) is 17.6. The molecule has 0 aliphatic carbocycles. The van der Waals surface area contributed by atoms with E-state index in [1.165, 1.54) is 37.0 Å². The second-order valence-corrected chi connectivity index (χ2v) is 16.5. The minimum atomic E-state index is -2.40. The van der Waals surface area contributed by atoms with E-state index in [4.69, 9.17) is 0 Å². The van der Waals surface area contributed by atoms with Gasteiger partial charge in [0.05, 0.1) is 8.07 Å². The van der Waals surface area contributed by atoms with Crippen LogP contribution in [0.5, 0.6) is 0 Å². The van der Waals surface area contributed by atoms with Crippen molar-refractivity contribution in [1.82, 2.24) is 0 Å². The number of hydrogen-bond donors (Lipinski definition) is 0. The van der Waals surface area contributed by atoms with Gasteiger partial charge in [-0.15, -0.1) is 0 Å². The van der Waals surface area contributed by atoms with E-state index in [0.29, 0.717) is 0 Å². The van der Waals surface area contributed by atoms with Crippen molar-refractivity contribution in [2.75, 3.05) is 0 Å². The van der Waals surface area contributed by atoms with Gasteiger partial charge in [0.15, 0.2) is 0 Å². The largest absolute Gasteiger partial charge is 0.314 e. The van der Waals surface area contributed by atoms with E-state index < -0.39 is 16.5 Å². The minimum Gasteiger partial charge on any atom is -0.314 e. The van der Waals surface area contributed by atoms with E-state index in [0.717, 1.165) is 43.8 Å². The first-order valence-electron chi connectivity index (χ1n) is 9.70. The van der Waals surface area contributed by atoms with Gasteiger partial charge < -0.3 is 4.11 Å². The molecule has 0 saturated carbocycles. The molecule has 0 amide bonds. The van der Waals surface area contributed by atoms with Crippen LogP contribution < -0.4 is 0 Å². The monoisotopic (exact) mass is 332 g/mol. The van der Waals surface area contributed by atoms with Gasteiger partial charge in [0.2, 0.25) is 8.41 Å². The maximum atomic E-state index is 15.2. The summed E-state index contributed by atoms with van der Waals surface area (Å²) in [5.74, 6) is 0. The summed E-state index contributed by atoms with van der Waals surface area (Å²) in [7, 11) is -3.37. The molecule has 0 aromatic rings. The van der Waals surface area contributed by atoms with Crippen LogP contribution in [0.4, 0.5) is 4.11 Å². The third-order valence-electron chi connectivity index (χ3n) is 5.79. The molecule has 0 N–H and O–H groups in total. The number of hydrogen-bond acceptors (Lipinski definition) is 0. The maximum absolute atomic E-state index is 15.2. The van der Waals surface area contributed by atoms with Crippen LogP contribution in [0.15, 0.2) is 0 Å². The molecular formula is C18H41FSi2. The van der Waals surface area contributed by atoms with E-state index in [2.05, 4.69) is 34.6 Å². The molecular weight excluding hydrogens is 291 g/mol. The molecule has 0 nitrogen and oxygen atoms in total. The van der Waals surface area contributed by atoms with Crippen LogP contribution in [-0.2, 0) is 0 Å². The van der Waals surface area contributed by atoms with E-state index >= 15 is 4.11 Å². The van der Waals surface area contributed by atoms with Gasteiger partial charge in [-0.2, -0.15) is 0 Å². The molecule has 0 aromatic heterocycles. The number of halogens is 1. The number of rotatable bonds is 14. The average Bonchev–Trinajstić information content (AvgIpc) is 2.52.